The summed E-state index contributed by atoms with van der Waals surface area (Å²) in [5, 5.41) is 9.63. The monoisotopic (exact) mass is 256 g/mol. The molecule has 3 heteroatoms. The number of ether oxygens (including phenoxy) is 2. The second-order valence-electron chi connectivity index (χ2n) is 3.67. The first-order chi connectivity index (χ1) is 9.26. The zero-order valence-corrected chi connectivity index (χ0v) is 10.6. The molecule has 0 aliphatic rings. The van der Waals surface area contributed by atoms with E-state index in [1.165, 1.54) is 6.26 Å². The van der Waals surface area contributed by atoms with Crippen LogP contribution in [0.3, 0.4) is 0 Å². The van der Waals surface area contributed by atoms with Crippen LogP contribution in [-0.2, 0) is 4.74 Å². The molecule has 0 bridgehead atoms. The molecule has 1 aromatic rings. The number of hydrogen-bond donors (Lipinski definition) is 1. The molecule has 19 heavy (non-hydrogen) atoms. The van der Waals surface area contributed by atoms with Crippen molar-refractivity contribution in [2.24, 2.45) is 0 Å². The Kier molecular flexibility index (Phi) is 6.72. The van der Waals surface area contributed by atoms with E-state index < -0.39 is 6.29 Å². The van der Waals surface area contributed by atoms with Gasteiger partial charge in [0.05, 0.1) is 12.9 Å². The molecule has 0 saturated heterocycles. The van der Waals surface area contributed by atoms with Crippen LogP contribution in [0.5, 0.6) is 5.75 Å². The van der Waals surface area contributed by atoms with Gasteiger partial charge in [0.1, 0.15) is 5.75 Å². The highest BCUT2D eigenvalue weighted by Crippen LogP contribution is 2.13. The van der Waals surface area contributed by atoms with Crippen LogP contribution in [0, 0.1) is 24.7 Å². The molecule has 0 radical (unpaired) electrons. The molecule has 0 fully saturated rings. The van der Waals surface area contributed by atoms with E-state index in [0.29, 0.717) is 25.2 Å². The third-order valence-electron chi connectivity index (χ3n) is 2.19. The molecule has 0 spiro atoms. The molecule has 0 amide bonds. The fraction of sp³-hybridized carbons (Fsp3) is 0.250. The molecule has 0 saturated carbocycles. The van der Waals surface area contributed by atoms with Crippen LogP contribution in [0.1, 0.15) is 18.4 Å². The van der Waals surface area contributed by atoms with Gasteiger partial charge in [-0.1, -0.05) is 5.92 Å². The molecule has 98 valence electrons. The van der Waals surface area contributed by atoms with Gasteiger partial charge < -0.3 is 14.6 Å². The van der Waals surface area contributed by atoms with E-state index in [1.807, 2.05) is 0 Å². The van der Waals surface area contributed by atoms with E-state index in [9.17, 15) is 5.11 Å². The Labute approximate surface area is 113 Å². The molecule has 1 unspecified atom stereocenters. The van der Waals surface area contributed by atoms with E-state index in [-0.39, 0.29) is 0 Å². The van der Waals surface area contributed by atoms with Gasteiger partial charge in [-0.3, -0.25) is 0 Å². The van der Waals surface area contributed by atoms with E-state index in [4.69, 9.17) is 22.3 Å². The first kappa shape index (κ1) is 14.7. The Morgan fingerprint density at radius 1 is 1.26 bits per heavy atom. The van der Waals surface area contributed by atoms with Gasteiger partial charge in [-0.25, -0.2) is 0 Å². The van der Waals surface area contributed by atoms with Crippen LogP contribution < -0.4 is 4.74 Å². The number of aliphatic hydroxyl groups excluding tert-OH is 1. The topological polar surface area (TPSA) is 38.7 Å². The minimum absolute atomic E-state index is 0.326. The van der Waals surface area contributed by atoms with Gasteiger partial charge >= 0.3 is 0 Å². The molecule has 0 aliphatic heterocycles. The Morgan fingerprint density at radius 2 is 2.00 bits per heavy atom. The maximum absolute atomic E-state index is 9.63. The molecular weight excluding hydrogens is 240 g/mol. The average Bonchev–Trinajstić information content (AvgIpc) is 2.43. The molecule has 0 aliphatic carbocycles. The Morgan fingerprint density at radius 3 is 2.63 bits per heavy atom. The number of benzene rings is 1. The van der Waals surface area contributed by atoms with Crippen LogP contribution in [-0.4, -0.2) is 18.0 Å². The maximum Gasteiger partial charge on any atom is 0.200 e. The van der Waals surface area contributed by atoms with Gasteiger partial charge in [0.25, 0.3) is 0 Å². The van der Waals surface area contributed by atoms with Crippen molar-refractivity contribution in [2.45, 2.75) is 19.1 Å². The third kappa shape index (κ3) is 6.21. The van der Waals surface area contributed by atoms with Crippen molar-refractivity contribution in [3.63, 3.8) is 0 Å². The van der Waals surface area contributed by atoms with Crippen LogP contribution >= 0.6 is 0 Å². The van der Waals surface area contributed by atoms with E-state index in [2.05, 4.69) is 11.8 Å². The van der Waals surface area contributed by atoms with Gasteiger partial charge in [0.15, 0.2) is 0 Å². The minimum Gasteiger partial charge on any atom is -0.501 e. The SMILES string of the molecule is C#CCCO/C=C\CC(O)Oc1ccc(C#C)cc1. The van der Waals surface area contributed by atoms with E-state index in [1.54, 1.807) is 30.3 Å². The van der Waals surface area contributed by atoms with Gasteiger partial charge in [0.2, 0.25) is 6.29 Å². The second kappa shape index (κ2) is 8.69. The Hall–Kier alpha value is -2.36. The summed E-state index contributed by atoms with van der Waals surface area (Å²) in [5.74, 6) is 5.53. The highest BCUT2D eigenvalue weighted by molar-refractivity contribution is 5.36. The largest absolute Gasteiger partial charge is 0.501 e. The van der Waals surface area contributed by atoms with E-state index in [0.717, 1.165) is 5.56 Å². The average molecular weight is 256 g/mol. The predicted octanol–water partition coefficient (Wildman–Crippen LogP) is 2.31. The summed E-state index contributed by atoms with van der Waals surface area (Å²) in [6.07, 6.45) is 13.5. The standard InChI is InChI=1S/C16H16O3/c1-3-5-12-18-13-6-7-16(17)19-15-10-8-14(4-2)9-11-15/h1-2,6,8-11,13,16-17H,5,7,12H2/b13-6-. The van der Waals surface area contributed by atoms with Crippen molar-refractivity contribution in [3.8, 4) is 30.4 Å². The molecule has 0 heterocycles. The summed E-state index contributed by atoms with van der Waals surface area (Å²) >= 11 is 0. The van der Waals surface area contributed by atoms with Crippen LogP contribution in [0.2, 0.25) is 0 Å². The lowest BCUT2D eigenvalue weighted by atomic mass is 10.2. The summed E-state index contributed by atoms with van der Waals surface area (Å²) in [6.45, 7) is 0.470. The van der Waals surface area contributed by atoms with Crippen molar-refractivity contribution in [2.75, 3.05) is 6.61 Å². The summed E-state index contributed by atoms with van der Waals surface area (Å²) < 4.78 is 10.4. The zero-order valence-electron chi connectivity index (χ0n) is 10.6. The Balaban J connectivity index is 2.28. The molecular formula is C16H16O3. The highest BCUT2D eigenvalue weighted by atomic mass is 16.6. The summed E-state index contributed by atoms with van der Waals surface area (Å²) in [4.78, 5) is 0. The fourth-order valence-electron chi connectivity index (χ4n) is 1.26. The van der Waals surface area contributed by atoms with Crippen molar-refractivity contribution in [3.05, 3.63) is 42.2 Å². The fourth-order valence-corrected chi connectivity index (χ4v) is 1.26. The Bertz CT molecular complexity index is 474. The lowest BCUT2D eigenvalue weighted by molar-refractivity contribution is -0.0141. The normalized spacial score (nSPS) is 11.5. The van der Waals surface area contributed by atoms with Crippen LogP contribution in [0.15, 0.2) is 36.6 Å². The highest BCUT2D eigenvalue weighted by Gasteiger charge is 2.03. The zero-order chi connectivity index (χ0) is 13.9. The van der Waals surface area contributed by atoms with Crippen molar-refractivity contribution >= 4 is 0 Å². The quantitative estimate of drug-likeness (QED) is 0.352. The van der Waals surface area contributed by atoms with Crippen molar-refractivity contribution < 1.29 is 14.6 Å². The van der Waals surface area contributed by atoms with Crippen LogP contribution in [0.4, 0.5) is 0 Å². The lowest BCUT2D eigenvalue weighted by Gasteiger charge is -2.11. The lowest BCUT2D eigenvalue weighted by Crippen LogP contribution is -2.14. The summed E-state index contributed by atoms with van der Waals surface area (Å²) in [5.41, 5.74) is 0.767. The van der Waals surface area contributed by atoms with Gasteiger partial charge in [-0.15, -0.1) is 18.8 Å². The third-order valence-corrected chi connectivity index (χ3v) is 2.19. The first-order valence-corrected chi connectivity index (χ1v) is 5.87. The molecule has 3 nitrogen and oxygen atoms in total. The molecule has 1 N–H and O–H groups in total. The molecule has 0 aromatic heterocycles. The number of hydrogen-bond acceptors (Lipinski definition) is 3. The minimum atomic E-state index is -0.927. The maximum atomic E-state index is 9.63. The van der Waals surface area contributed by atoms with Gasteiger partial charge in [0, 0.05) is 18.4 Å². The number of aliphatic hydroxyl groups is 1. The molecule has 1 aromatic carbocycles. The number of terminal acetylenes is 2. The van der Waals surface area contributed by atoms with Gasteiger partial charge in [-0.05, 0) is 30.3 Å². The summed E-state index contributed by atoms with van der Waals surface area (Å²) in [7, 11) is 0. The van der Waals surface area contributed by atoms with Gasteiger partial charge in [-0.2, -0.15) is 0 Å². The molecule has 1 atom stereocenters. The molecule has 1 rings (SSSR count). The predicted molar refractivity (Wildman–Crippen MR) is 74.2 cm³/mol. The van der Waals surface area contributed by atoms with Crippen molar-refractivity contribution in [1.82, 2.24) is 0 Å². The summed E-state index contributed by atoms with van der Waals surface area (Å²) in [6, 6.07) is 6.93. The van der Waals surface area contributed by atoms with Crippen molar-refractivity contribution in [1.29, 1.82) is 0 Å². The smallest absolute Gasteiger partial charge is 0.200 e. The second-order valence-corrected chi connectivity index (χ2v) is 3.67. The number of rotatable bonds is 7. The van der Waals surface area contributed by atoms with Crippen LogP contribution in [0.25, 0.3) is 0 Å². The van der Waals surface area contributed by atoms with E-state index >= 15 is 0 Å². The first-order valence-electron chi connectivity index (χ1n) is 5.87.